The zero-order chi connectivity index (χ0) is 13.7. The molecule has 106 valence electrons. The van der Waals surface area contributed by atoms with E-state index in [2.05, 4.69) is 10.2 Å². The van der Waals surface area contributed by atoms with E-state index in [1.165, 1.54) is 25.3 Å². The van der Waals surface area contributed by atoms with Gasteiger partial charge in [0, 0.05) is 31.4 Å². The maximum absolute atomic E-state index is 13.4. The fraction of sp³-hybridized carbons (Fsp3) is 0.600. The fourth-order valence-electron chi connectivity index (χ4n) is 2.61. The predicted octanol–water partition coefficient (Wildman–Crippen LogP) is 2.29. The molecule has 19 heavy (non-hydrogen) atoms. The van der Waals surface area contributed by atoms with E-state index in [4.69, 9.17) is 5.11 Å². The van der Waals surface area contributed by atoms with Crippen LogP contribution in [-0.4, -0.2) is 31.3 Å². The number of hydrogen-bond acceptors (Lipinski definition) is 3. The van der Waals surface area contributed by atoms with Crippen LogP contribution in [0.2, 0.25) is 0 Å². The molecule has 0 radical (unpaired) electrons. The normalized spacial score (nSPS) is 15.3. The Morgan fingerprint density at radius 3 is 2.79 bits per heavy atom. The molecular formula is C15H23FN2O. The average molecular weight is 266 g/mol. The van der Waals surface area contributed by atoms with Gasteiger partial charge in [0.05, 0.1) is 0 Å². The lowest BCUT2D eigenvalue weighted by atomic mass is 9.90. The predicted molar refractivity (Wildman–Crippen MR) is 75.9 cm³/mol. The zero-order valence-electron chi connectivity index (χ0n) is 11.5. The molecule has 0 unspecified atom stereocenters. The van der Waals surface area contributed by atoms with Crippen molar-refractivity contribution in [2.24, 2.45) is 0 Å². The topological polar surface area (TPSA) is 35.5 Å². The molecule has 1 saturated carbocycles. The Balaban J connectivity index is 2.23. The lowest BCUT2D eigenvalue weighted by Gasteiger charge is -2.40. The van der Waals surface area contributed by atoms with Crippen LogP contribution < -0.4 is 10.2 Å². The van der Waals surface area contributed by atoms with E-state index in [-0.39, 0.29) is 12.4 Å². The monoisotopic (exact) mass is 266 g/mol. The highest BCUT2D eigenvalue weighted by atomic mass is 19.1. The Labute approximate surface area is 114 Å². The van der Waals surface area contributed by atoms with Gasteiger partial charge < -0.3 is 15.3 Å². The summed E-state index contributed by atoms with van der Waals surface area (Å²) in [7, 11) is 1.87. The van der Waals surface area contributed by atoms with Gasteiger partial charge in [-0.15, -0.1) is 0 Å². The summed E-state index contributed by atoms with van der Waals surface area (Å²) < 4.78 is 13.4. The van der Waals surface area contributed by atoms with Crippen molar-refractivity contribution in [1.82, 2.24) is 5.32 Å². The summed E-state index contributed by atoms with van der Waals surface area (Å²) >= 11 is 0. The maximum Gasteiger partial charge on any atom is 0.123 e. The number of benzene rings is 1. The van der Waals surface area contributed by atoms with E-state index >= 15 is 0 Å². The van der Waals surface area contributed by atoms with Crippen molar-refractivity contribution in [3.63, 3.8) is 0 Å². The van der Waals surface area contributed by atoms with Crippen molar-refractivity contribution >= 4 is 5.69 Å². The van der Waals surface area contributed by atoms with Gasteiger partial charge in [-0.25, -0.2) is 4.39 Å². The van der Waals surface area contributed by atoms with Gasteiger partial charge >= 0.3 is 0 Å². The van der Waals surface area contributed by atoms with Crippen molar-refractivity contribution in [2.45, 2.75) is 38.3 Å². The molecule has 1 fully saturated rings. The summed E-state index contributed by atoms with van der Waals surface area (Å²) in [5, 5.41) is 12.1. The number of halogens is 1. The number of nitrogens with zero attached hydrogens (tertiary/aromatic N) is 1. The van der Waals surface area contributed by atoms with Gasteiger partial charge in [-0.1, -0.05) is 0 Å². The minimum absolute atomic E-state index is 0.190. The highest BCUT2D eigenvalue weighted by Gasteiger charge is 2.26. The van der Waals surface area contributed by atoms with Crippen LogP contribution in [0.25, 0.3) is 0 Å². The van der Waals surface area contributed by atoms with Gasteiger partial charge in [-0.2, -0.15) is 0 Å². The number of aliphatic hydroxyl groups is 1. The maximum atomic E-state index is 13.4. The largest absolute Gasteiger partial charge is 0.396 e. The standard InChI is InChI=1S/C15H23FN2O/c1-17-11-12-10-13(16)6-7-15(12)18(8-3-9-19)14-4-2-5-14/h6-7,10,14,17,19H,2-5,8-9,11H2,1H3. The van der Waals surface area contributed by atoms with Gasteiger partial charge in [0.1, 0.15) is 5.82 Å². The Hall–Kier alpha value is -1.13. The minimum Gasteiger partial charge on any atom is -0.396 e. The molecule has 1 aliphatic carbocycles. The van der Waals surface area contributed by atoms with Crippen LogP contribution >= 0.6 is 0 Å². The van der Waals surface area contributed by atoms with Crippen LogP contribution in [0.15, 0.2) is 18.2 Å². The molecule has 0 aliphatic heterocycles. The molecule has 0 atom stereocenters. The second-order valence-electron chi connectivity index (χ2n) is 5.16. The van der Waals surface area contributed by atoms with Gasteiger partial charge in [0.2, 0.25) is 0 Å². The smallest absolute Gasteiger partial charge is 0.123 e. The van der Waals surface area contributed by atoms with Crippen molar-refractivity contribution in [3.8, 4) is 0 Å². The van der Waals surface area contributed by atoms with Gasteiger partial charge in [0.15, 0.2) is 0 Å². The number of nitrogens with one attached hydrogen (secondary N) is 1. The Kier molecular flexibility index (Phi) is 5.16. The van der Waals surface area contributed by atoms with E-state index in [1.54, 1.807) is 6.07 Å². The Morgan fingerprint density at radius 2 is 2.21 bits per heavy atom. The first-order chi connectivity index (χ1) is 9.26. The summed E-state index contributed by atoms with van der Waals surface area (Å²) in [4.78, 5) is 2.34. The first-order valence-electron chi connectivity index (χ1n) is 7.06. The molecule has 0 saturated heterocycles. The number of rotatable bonds is 7. The highest BCUT2D eigenvalue weighted by Crippen LogP contribution is 2.32. The summed E-state index contributed by atoms with van der Waals surface area (Å²) in [6.45, 7) is 1.70. The number of anilines is 1. The number of aliphatic hydroxyl groups excluding tert-OH is 1. The van der Waals surface area contributed by atoms with E-state index in [0.717, 1.165) is 24.2 Å². The molecule has 1 aromatic rings. The molecule has 2 rings (SSSR count). The van der Waals surface area contributed by atoms with Gasteiger partial charge in [-0.05, 0) is 56.5 Å². The third-order valence-corrected chi connectivity index (χ3v) is 3.79. The average Bonchev–Trinajstić information content (AvgIpc) is 2.33. The molecule has 0 amide bonds. The van der Waals surface area contributed by atoms with Crippen LogP contribution in [-0.2, 0) is 6.54 Å². The minimum atomic E-state index is -0.190. The summed E-state index contributed by atoms with van der Waals surface area (Å²) in [5.41, 5.74) is 2.10. The van der Waals surface area contributed by atoms with Crippen LogP contribution in [0, 0.1) is 5.82 Å². The van der Waals surface area contributed by atoms with Crippen LogP contribution in [0.4, 0.5) is 10.1 Å². The zero-order valence-corrected chi connectivity index (χ0v) is 11.5. The first kappa shape index (κ1) is 14.3. The van der Waals surface area contributed by atoms with E-state index in [9.17, 15) is 4.39 Å². The summed E-state index contributed by atoms with van der Waals surface area (Å²) in [6.07, 6.45) is 4.42. The highest BCUT2D eigenvalue weighted by molar-refractivity contribution is 5.55. The van der Waals surface area contributed by atoms with Crippen LogP contribution in [0.5, 0.6) is 0 Å². The molecule has 0 spiro atoms. The quantitative estimate of drug-likeness (QED) is 0.795. The van der Waals surface area contributed by atoms with Crippen LogP contribution in [0.3, 0.4) is 0 Å². The van der Waals surface area contributed by atoms with E-state index in [1.807, 2.05) is 13.1 Å². The molecule has 3 nitrogen and oxygen atoms in total. The second kappa shape index (κ2) is 6.87. The summed E-state index contributed by atoms with van der Waals surface area (Å²) in [5.74, 6) is -0.190. The molecule has 0 aromatic heterocycles. The Morgan fingerprint density at radius 1 is 1.42 bits per heavy atom. The number of hydrogen-bond donors (Lipinski definition) is 2. The molecule has 4 heteroatoms. The first-order valence-corrected chi connectivity index (χ1v) is 7.06. The summed E-state index contributed by atoms with van der Waals surface area (Å²) in [6, 6.07) is 5.56. The molecule has 0 heterocycles. The fourth-order valence-corrected chi connectivity index (χ4v) is 2.61. The lowest BCUT2D eigenvalue weighted by molar-refractivity contribution is 0.283. The Bertz CT molecular complexity index is 407. The molecule has 1 aromatic carbocycles. The van der Waals surface area contributed by atoms with E-state index in [0.29, 0.717) is 12.6 Å². The molecule has 1 aliphatic rings. The van der Waals surface area contributed by atoms with E-state index < -0.39 is 0 Å². The lowest BCUT2D eigenvalue weighted by Crippen LogP contribution is -2.41. The second-order valence-corrected chi connectivity index (χ2v) is 5.16. The van der Waals surface area contributed by atoms with Crippen molar-refractivity contribution < 1.29 is 9.50 Å². The van der Waals surface area contributed by atoms with Gasteiger partial charge in [-0.3, -0.25) is 0 Å². The molecule has 2 N–H and O–H groups in total. The third-order valence-electron chi connectivity index (χ3n) is 3.79. The molecule has 0 bridgehead atoms. The SMILES string of the molecule is CNCc1cc(F)ccc1N(CCCO)C1CCC1. The third kappa shape index (κ3) is 3.45. The van der Waals surface area contributed by atoms with Gasteiger partial charge in [0.25, 0.3) is 0 Å². The van der Waals surface area contributed by atoms with Crippen molar-refractivity contribution in [2.75, 3.05) is 25.1 Å². The van der Waals surface area contributed by atoms with Crippen LogP contribution in [0.1, 0.15) is 31.2 Å². The van der Waals surface area contributed by atoms with Crippen molar-refractivity contribution in [3.05, 3.63) is 29.6 Å². The van der Waals surface area contributed by atoms with Crippen molar-refractivity contribution in [1.29, 1.82) is 0 Å². The molecular weight excluding hydrogens is 243 g/mol.